The fourth-order valence-corrected chi connectivity index (χ4v) is 2.09. The van der Waals surface area contributed by atoms with Crippen molar-refractivity contribution in [3.8, 4) is 0 Å². The monoisotopic (exact) mass is 293 g/mol. The Balaban J connectivity index is 1.73. The van der Waals surface area contributed by atoms with Gasteiger partial charge in [0.1, 0.15) is 0 Å². The molecule has 0 fully saturated rings. The number of halogens is 1. The molecule has 0 saturated heterocycles. The van der Waals surface area contributed by atoms with Gasteiger partial charge in [-0.3, -0.25) is 4.68 Å². The molecule has 0 amide bonds. The third-order valence-electron chi connectivity index (χ3n) is 2.69. The van der Waals surface area contributed by atoms with Crippen LogP contribution in [0.25, 0.3) is 0 Å². The van der Waals surface area contributed by atoms with Gasteiger partial charge >= 0.3 is 0 Å². The molecule has 1 aromatic heterocycles. The van der Waals surface area contributed by atoms with Gasteiger partial charge in [0.05, 0.1) is 4.47 Å². The van der Waals surface area contributed by atoms with E-state index in [0.29, 0.717) is 5.82 Å². The SMILES string of the molecule is Nc1nn(CCCCc2ccccc2)cc1Br. The van der Waals surface area contributed by atoms with Crippen LogP contribution >= 0.6 is 15.9 Å². The lowest BCUT2D eigenvalue weighted by Gasteiger charge is -2.02. The topological polar surface area (TPSA) is 43.8 Å². The minimum Gasteiger partial charge on any atom is -0.381 e. The molecule has 0 unspecified atom stereocenters. The third kappa shape index (κ3) is 3.60. The first-order chi connectivity index (χ1) is 8.25. The van der Waals surface area contributed by atoms with Gasteiger partial charge in [-0.2, -0.15) is 5.10 Å². The van der Waals surface area contributed by atoms with E-state index in [1.54, 1.807) is 0 Å². The zero-order valence-electron chi connectivity index (χ0n) is 9.64. The quantitative estimate of drug-likeness (QED) is 0.860. The van der Waals surface area contributed by atoms with Gasteiger partial charge in [-0.1, -0.05) is 30.3 Å². The molecular weight excluding hydrogens is 278 g/mol. The van der Waals surface area contributed by atoms with Crippen LogP contribution in [-0.4, -0.2) is 9.78 Å². The van der Waals surface area contributed by atoms with Crippen LogP contribution in [0.5, 0.6) is 0 Å². The predicted molar refractivity (Wildman–Crippen MR) is 73.7 cm³/mol. The van der Waals surface area contributed by atoms with Crippen molar-refractivity contribution in [2.24, 2.45) is 0 Å². The molecule has 2 rings (SSSR count). The summed E-state index contributed by atoms with van der Waals surface area (Å²) in [5.41, 5.74) is 7.05. The van der Waals surface area contributed by atoms with Gasteiger partial charge in [0.15, 0.2) is 5.82 Å². The van der Waals surface area contributed by atoms with Gasteiger partial charge < -0.3 is 5.73 Å². The molecule has 0 radical (unpaired) electrons. The molecule has 0 spiro atoms. The van der Waals surface area contributed by atoms with Crippen LogP contribution in [0.4, 0.5) is 5.82 Å². The molecule has 0 aliphatic heterocycles. The highest BCUT2D eigenvalue weighted by atomic mass is 79.9. The summed E-state index contributed by atoms with van der Waals surface area (Å²) < 4.78 is 2.77. The van der Waals surface area contributed by atoms with E-state index in [1.165, 1.54) is 12.0 Å². The molecule has 17 heavy (non-hydrogen) atoms. The van der Waals surface area contributed by atoms with Gasteiger partial charge in [-0.05, 0) is 40.8 Å². The number of anilines is 1. The summed E-state index contributed by atoms with van der Waals surface area (Å²) in [6, 6.07) is 10.6. The zero-order chi connectivity index (χ0) is 12.1. The first kappa shape index (κ1) is 12.2. The van der Waals surface area contributed by atoms with E-state index in [9.17, 15) is 0 Å². The van der Waals surface area contributed by atoms with Crippen LogP contribution in [0.1, 0.15) is 18.4 Å². The smallest absolute Gasteiger partial charge is 0.159 e. The lowest BCUT2D eigenvalue weighted by Crippen LogP contribution is -2.00. The van der Waals surface area contributed by atoms with Crippen molar-refractivity contribution in [1.29, 1.82) is 0 Å². The summed E-state index contributed by atoms with van der Waals surface area (Å²) >= 11 is 3.35. The van der Waals surface area contributed by atoms with Crippen LogP contribution in [0.3, 0.4) is 0 Å². The second-order valence-electron chi connectivity index (χ2n) is 4.07. The Labute approximate surface area is 110 Å². The molecule has 0 aliphatic rings. The predicted octanol–water partition coefficient (Wildman–Crippen LogP) is 3.25. The third-order valence-corrected chi connectivity index (χ3v) is 3.30. The summed E-state index contributed by atoms with van der Waals surface area (Å²) in [5, 5.41) is 4.20. The number of aromatic nitrogens is 2. The average Bonchev–Trinajstić information content (AvgIpc) is 2.66. The van der Waals surface area contributed by atoms with Gasteiger partial charge in [0.25, 0.3) is 0 Å². The molecular formula is C13H16BrN3. The largest absolute Gasteiger partial charge is 0.381 e. The van der Waals surface area contributed by atoms with Gasteiger partial charge in [-0.25, -0.2) is 0 Å². The second kappa shape index (κ2) is 5.87. The van der Waals surface area contributed by atoms with Crippen molar-refractivity contribution in [2.75, 3.05) is 5.73 Å². The van der Waals surface area contributed by atoms with Crippen molar-refractivity contribution in [3.63, 3.8) is 0 Å². The molecule has 0 saturated carbocycles. The van der Waals surface area contributed by atoms with Crippen LogP contribution in [-0.2, 0) is 13.0 Å². The molecule has 90 valence electrons. The summed E-state index contributed by atoms with van der Waals surface area (Å²) in [5.74, 6) is 0.563. The normalized spacial score (nSPS) is 10.6. The van der Waals surface area contributed by atoms with Gasteiger partial charge in [0.2, 0.25) is 0 Å². The van der Waals surface area contributed by atoms with Crippen molar-refractivity contribution >= 4 is 21.7 Å². The first-order valence-electron chi connectivity index (χ1n) is 5.78. The summed E-state index contributed by atoms with van der Waals surface area (Å²) in [4.78, 5) is 0. The average molecular weight is 294 g/mol. The van der Waals surface area contributed by atoms with Crippen molar-refractivity contribution in [3.05, 3.63) is 46.6 Å². The Morgan fingerprint density at radius 1 is 1.18 bits per heavy atom. The van der Waals surface area contributed by atoms with E-state index in [0.717, 1.165) is 23.9 Å². The number of benzene rings is 1. The minimum atomic E-state index is 0.563. The Kier molecular flexibility index (Phi) is 4.20. The Morgan fingerprint density at radius 3 is 2.59 bits per heavy atom. The number of hydrogen-bond donors (Lipinski definition) is 1. The Morgan fingerprint density at radius 2 is 1.94 bits per heavy atom. The maximum Gasteiger partial charge on any atom is 0.159 e. The number of hydrogen-bond acceptors (Lipinski definition) is 2. The number of aryl methyl sites for hydroxylation is 2. The van der Waals surface area contributed by atoms with Crippen LogP contribution < -0.4 is 5.73 Å². The highest BCUT2D eigenvalue weighted by molar-refractivity contribution is 9.10. The molecule has 0 bridgehead atoms. The maximum absolute atomic E-state index is 5.66. The second-order valence-corrected chi connectivity index (χ2v) is 4.92. The fourth-order valence-electron chi connectivity index (χ4n) is 1.77. The highest BCUT2D eigenvalue weighted by Gasteiger charge is 2.01. The Bertz CT molecular complexity index is 445. The van der Waals surface area contributed by atoms with Crippen LogP contribution in [0.15, 0.2) is 41.0 Å². The number of nitrogen functional groups attached to an aromatic ring is 1. The van der Waals surface area contributed by atoms with Crippen LogP contribution in [0.2, 0.25) is 0 Å². The van der Waals surface area contributed by atoms with E-state index >= 15 is 0 Å². The molecule has 2 aromatic rings. The van der Waals surface area contributed by atoms with E-state index in [2.05, 4.69) is 45.3 Å². The highest BCUT2D eigenvalue weighted by Crippen LogP contribution is 2.16. The molecule has 1 heterocycles. The lowest BCUT2D eigenvalue weighted by molar-refractivity contribution is 0.559. The number of unbranched alkanes of at least 4 members (excludes halogenated alkanes) is 1. The van der Waals surface area contributed by atoms with Crippen molar-refractivity contribution in [2.45, 2.75) is 25.8 Å². The summed E-state index contributed by atoms with van der Waals surface area (Å²) in [7, 11) is 0. The first-order valence-corrected chi connectivity index (χ1v) is 6.57. The fraction of sp³-hybridized carbons (Fsp3) is 0.308. The zero-order valence-corrected chi connectivity index (χ0v) is 11.2. The lowest BCUT2D eigenvalue weighted by atomic mass is 10.1. The molecule has 4 heteroatoms. The molecule has 1 aromatic carbocycles. The van der Waals surface area contributed by atoms with Gasteiger partial charge in [0, 0.05) is 12.7 Å². The van der Waals surface area contributed by atoms with Gasteiger partial charge in [-0.15, -0.1) is 0 Å². The van der Waals surface area contributed by atoms with Crippen LogP contribution in [0, 0.1) is 0 Å². The standard InChI is InChI=1S/C13H16BrN3/c14-12-10-17(16-13(12)15)9-5-4-8-11-6-2-1-3-7-11/h1-3,6-7,10H,4-5,8-9H2,(H2,15,16). The molecule has 0 atom stereocenters. The molecule has 3 nitrogen and oxygen atoms in total. The number of rotatable bonds is 5. The number of nitrogens with two attached hydrogens (primary N) is 1. The summed E-state index contributed by atoms with van der Waals surface area (Å²) in [6.07, 6.45) is 5.33. The van der Waals surface area contributed by atoms with Crippen molar-refractivity contribution in [1.82, 2.24) is 9.78 Å². The van der Waals surface area contributed by atoms with E-state index in [1.807, 2.05) is 16.9 Å². The van der Waals surface area contributed by atoms with Crippen molar-refractivity contribution < 1.29 is 0 Å². The van der Waals surface area contributed by atoms with E-state index in [-0.39, 0.29) is 0 Å². The molecule has 2 N–H and O–H groups in total. The Hall–Kier alpha value is -1.29. The maximum atomic E-state index is 5.66. The summed E-state index contributed by atoms with van der Waals surface area (Å²) in [6.45, 7) is 0.919. The van der Waals surface area contributed by atoms with E-state index in [4.69, 9.17) is 5.73 Å². The van der Waals surface area contributed by atoms with E-state index < -0.39 is 0 Å². The number of nitrogens with zero attached hydrogens (tertiary/aromatic N) is 2. The molecule has 0 aliphatic carbocycles. The minimum absolute atomic E-state index is 0.563.